The second-order valence-electron chi connectivity index (χ2n) is 3.88. The highest BCUT2D eigenvalue weighted by atomic mass is 31.1. The van der Waals surface area contributed by atoms with Crippen LogP contribution in [0.1, 0.15) is 26.5 Å². The molecule has 0 aliphatic heterocycles. The predicted octanol–water partition coefficient (Wildman–Crippen LogP) is 1.79. The summed E-state index contributed by atoms with van der Waals surface area (Å²) in [6.45, 7) is 5.89. The van der Waals surface area contributed by atoms with Crippen molar-refractivity contribution in [2.75, 3.05) is 0 Å². The molecule has 1 aromatic heterocycles. The van der Waals surface area contributed by atoms with E-state index in [0.717, 1.165) is 5.69 Å². The van der Waals surface area contributed by atoms with Gasteiger partial charge >= 0.3 is 0 Å². The van der Waals surface area contributed by atoms with Gasteiger partial charge in [-0.2, -0.15) is 0 Å². The van der Waals surface area contributed by atoms with Gasteiger partial charge in [-0.1, -0.05) is 6.07 Å². The molecule has 3 heteroatoms. The van der Waals surface area contributed by atoms with E-state index < -0.39 is 7.77 Å². The summed E-state index contributed by atoms with van der Waals surface area (Å²) in [5, 5.41) is -0.174. The lowest BCUT2D eigenvalue weighted by molar-refractivity contribution is -0.156. The molecule has 1 rings (SSSR count). The van der Waals surface area contributed by atoms with E-state index in [2.05, 4.69) is 4.98 Å². The zero-order chi connectivity index (χ0) is 9.90. The summed E-state index contributed by atoms with van der Waals surface area (Å²) in [5.74, 6) is 1.73. The highest BCUT2D eigenvalue weighted by molar-refractivity contribution is 7.52. The zero-order valence-corrected chi connectivity index (χ0v) is 9.08. The van der Waals surface area contributed by atoms with Gasteiger partial charge in [0.25, 0.3) is 0 Å². The van der Waals surface area contributed by atoms with Crippen molar-refractivity contribution in [2.45, 2.75) is 25.9 Å². The van der Waals surface area contributed by atoms with Gasteiger partial charge in [0.2, 0.25) is 0 Å². The van der Waals surface area contributed by atoms with Crippen molar-refractivity contribution < 1.29 is 4.89 Å². The molecule has 0 fully saturated rings. The Labute approximate surface area is 80.1 Å². The van der Waals surface area contributed by atoms with Crippen molar-refractivity contribution in [1.82, 2.24) is 4.98 Å². The monoisotopic (exact) mass is 195 g/mol. The number of pyridine rings is 1. The van der Waals surface area contributed by atoms with Gasteiger partial charge in [-0.15, -0.1) is 0 Å². The van der Waals surface area contributed by atoms with E-state index in [1.54, 1.807) is 12.0 Å². The third kappa shape index (κ3) is 3.25. The summed E-state index contributed by atoms with van der Waals surface area (Å²) in [6, 6.07) is 5.60. The van der Waals surface area contributed by atoms with Gasteiger partial charge < -0.3 is 4.89 Å². The maximum Gasteiger partial charge on any atom is 0.130 e. The van der Waals surface area contributed by atoms with E-state index in [9.17, 15) is 4.89 Å². The molecule has 0 aliphatic rings. The summed E-state index contributed by atoms with van der Waals surface area (Å²) >= 11 is 0. The summed E-state index contributed by atoms with van der Waals surface area (Å²) in [6.07, 6.45) is 1.71. The number of rotatable bonds is 1. The number of hydrogen-bond donors (Lipinski definition) is 0. The Balaban J connectivity index is 2.90. The van der Waals surface area contributed by atoms with Crippen LogP contribution in [0.2, 0.25) is 0 Å². The molecule has 70 valence electrons. The fraction of sp³-hybridized carbons (Fsp3) is 0.400. The second-order valence-corrected chi connectivity index (χ2v) is 6.13. The zero-order valence-electron chi connectivity index (χ0n) is 8.19. The molecule has 0 radical (unpaired) electrons. The van der Waals surface area contributed by atoms with E-state index >= 15 is 0 Å². The van der Waals surface area contributed by atoms with Crippen molar-refractivity contribution in [3.05, 3.63) is 30.1 Å². The molecule has 13 heavy (non-hydrogen) atoms. The minimum Gasteiger partial charge on any atom is -0.630 e. The van der Waals surface area contributed by atoms with E-state index in [4.69, 9.17) is 0 Å². The third-order valence-corrected chi connectivity index (χ3v) is 3.42. The van der Waals surface area contributed by atoms with Crippen molar-refractivity contribution in [1.29, 1.82) is 0 Å². The van der Waals surface area contributed by atoms with E-state index in [-0.39, 0.29) is 5.16 Å². The normalized spacial score (nSPS) is 13.1. The van der Waals surface area contributed by atoms with Crippen LogP contribution in [0.4, 0.5) is 0 Å². The van der Waals surface area contributed by atoms with Gasteiger partial charge in [0.1, 0.15) is 16.6 Å². The summed E-state index contributed by atoms with van der Waals surface area (Å²) in [7, 11) is -1.34. The molecule has 0 saturated heterocycles. The molecule has 2 nitrogen and oxygen atoms in total. The van der Waals surface area contributed by atoms with Gasteiger partial charge in [-0.05, 0) is 32.9 Å². The molecule has 0 amide bonds. The van der Waals surface area contributed by atoms with Crippen LogP contribution in [0.25, 0.3) is 0 Å². The predicted molar refractivity (Wildman–Crippen MR) is 56.1 cm³/mol. The van der Waals surface area contributed by atoms with Crippen molar-refractivity contribution in [3.63, 3.8) is 0 Å². The fourth-order valence-electron chi connectivity index (χ4n) is 0.766. The Hall–Kier alpha value is -0.720. The van der Waals surface area contributed by atoms with Gasteiger partial charge in [0.05, 0.1) is 7.77 Å². The smallest absolute Gasteiger partial charge is 0.130 e. The first-order valence-electron chi connectivity index (χ1n) is 4.22. The molecule has 0 N–H and O–H groups in total. The number of hydrogen-bond acceptors (Lipinski definition) is 2. The number of nitrogens with zero attached hydrogens (tertiary/aromatic N) is 1. The first-order chi connectivity index (χ1) is 6.00. The van der Waals surface area contributed by atoms with Crippen molar-refractivity contribution >= 4 is 13.6 Å². The summed E-state index contributed by atoms with van der Waals surface area (Å²) in [4.78, 5) is 15.8. The largest absolute Gasteiger partial charge is 0.630 e. The van der Waals surface area contributed by atoms with E-state index in [1.807, 2.05) is 39.0 Å². The highest BCUT2D eigenvalue weighted by Crippen LogP contribution is 2.31. The average molecular weight is 195 g/mol. The van der Waals surface area contributed by atoms with Gasteiger partial charge in [-0.3, -0.25) is 4.98 Å². The second kappa shape index (κ2) is 3.99. The van der Waals surface area contributed by atoms with Crippen LogP contribution in [-0.2, 0) is 0 Å². The van der Waals surface area contributed by atoms with Gasteiger partial charge in [-0.25, -0.2) is 0 Å². The molecule has 0 aliphatic carbocycles. The van der Waals surface area contributed by atoms with E-state index in [1.165, 1.54) is 0 Å². The molecule has 0 saturated carbocycles. The maximum absolute atomic E-state index is 11.7. The molecule has 0 aromatic carbocycles. The molecule has 1 aromatic rings. The van der Waals surface area contributed by atoms with Crippen molar-refractivity contribution in [3.8, 4) is 0 Å². The van der Waals surface area contributed by atoms with Crippen LogP contribution in [0, 0.1) is 0 Å². The van der Waals surface area contributed by atoms with Crippen LogP contribution in [0.5, 0.6) is 0 Å². The summed E-state index contributed by atoms with van der Waals surface area (Å²) in [5.41, 5.74) is 0.790. The van der Waals surface area contributed by atoms with Crippen LogP contribution in [0.3, 0.4) is 0 Å². The molecular weight excluding hydrogens is 181 g/mol. The lowest BCUT2D eigenvalue weighted by Crippen LogP contribution is -2.15. The summed E-state index contributed by atoms with van der Waals surface area (Å²) < 4.78 is 0. The highest BCUT2D eigenvalue weighted by Gasteiger charge is 2.19. The Bertz CT molecular complexity index is 300. The van der Waals surface area contributed by atoms with Gasteiger partial charge in [0, 0.05) is 6.20 Å². The standard InChI is InChI=1S/C10H14NOP/c1-10(2,3)13(12)8-9-6-4-5-7-11-9/h4-8H,1-3H3. The fourth-order valence-corrected chi connectivity index (χ4v) is 1.55. The maximum atomic E-state index is 11.7. The lowest BCUT2D eigenvalue weighted by Gasteiger charge is -2.13. The molecule has 0 spiro atoms. The molecule has 1 unspecified atom stereocenters. The minimum atomic E-state index is -1.34. The molecule has 0 bridgehead atoms. The molecule has 1 heterocycles. The van der Waals surface area contributed by atoms with Crippen molar-refractivity contribution in [2.24, 2.45) is 0 Å². The Morgan fingerprint density at radius 2 is 2.08 bits per heavy atom. The average Bonchev–Trinajstić information content (AvgIpc) is 2.04. The van der Waals surface area contributed by atoms with Gasteiger partial charge in [0.15, 0.2) is 0 Å². The van der Waals surface area contributed by atoms with Crippen LogP contribution >= 0.6 is 7.77 Å². The Morgan fingerprint density at radius 3 is 2.54 bits per heavy atom. The van der Waals surface area contributed by atoms with E-state index in [0.29, 0.717) is 0 Å². The number of aromatic nitrogens is 1. The molecule has 1 atom stereocenters. The van der Waals surface area contributed by atoms with Crippen LogP contribution in [-0.4, -0.2) is 15.9 Å². The van der Waals surface area contributed by atoms with Crippen LogP contribution in [0.15, 0.2) is 24.4 Å². The minimum absolute atomic E-state index is 0.174. The van der Waals surface area contributed by atoms with Crippen LogP contribution < -0.4 is 4.89 Å². The SMILES string of the molecule is CC(C)(C)/[P+]([O-])=C/c1ccccn1. The molecular formula is C10H14NOP. The third-order valence-electron chi connectivity index (χ3n) is 1.60. The topological polar surface area (TPSA) is 36.0 Å². The lowest BCUT2D eigenvalue weighted by atomic mass is 10.3. The first kappa shape index (κ1) is 10.4. The Kier molecular flexibility index (Phi) is 3.18. The first-order valence-corrected chi connectivity index (χ1v) is 5.55. The quantitative estimate of drug-likeness (QED) is 0.640. The Morgan fingerprint density at radius 1 is 1.38 bits per heavy atom.